The summed E-state index contributed by atoms with van der Waals surface area (Å²) in [5.41, 5.74) is 8.95. The lowest BCUT2D eigenvalue weighted by Crippen LogP contribution is -2.41. The molecule has 0 saturated carbocycles. The molecule has 174 valence electrons. The second kappa shape index (κ2) is 9.17. The van der Waals surface area contributed by atoms with E-state index in [0.29, 0.717) is 6.61 Å². The van der Waals surface area contributed by atoms with Crippen LogP contribution < -0.4 is 20.5 Å². The number of nitrogens with one attached hydrogen (secondary N) is 2. The van der Waals surface area contributed by atoms with E-state index < -0.39 is 17.0 Å². The summed E-state index contributed by atoms with van der Waals surface area (Å²) in [7, 11) is 0. The highest BCUT2D eigenvalue weighted by molar-refractivity contribution is 9.10. The first-order chi connectivity index (χ1) is 16.5. The predicted octanol–water partition coefficient (Wildman–Crippen LogP) is 4.68. The average molecular weight is 523 g/mol. The van der Waals surface area contributed by atoms with E-state index in [-0.39, 0.29) is 23.6 Å². The molecule has 0 aliphatic carbocycles. The molecule has 2 aliphatic rings. The Hall–Kier alpha value is -3.27. The molecule has 0 bridgehead atoms. The highest BCUT2D eigenvalue weighted by Crippen LogP contribution is 2.49. The Labute approximate surface area is 205 Å². The fourth-order valence-electron chi connectivity index (χ4n) is 4.94. The van der Waals surface area contributed by atoms with Crippen molar-refractivity contribution in [3.8, 4) is 5.75 Å². The maximum absolute atomic E-state index is 13.6. The van der Waals surface area contributed by atoms with Crippen molar-refractivity contribution in [1.29, 1.82) is 0 Å². The number of hydrazine groups is 1. The lowest BCUT2D eigenvalue weighted by Gasteiger charge is -2.31. The van der Waals surface area contributed by atoms with Crippen LogP contribution in [0.5, 0.6) is 5.75 Å². The summed E-state index contributed by atoms with van der Waals surface area (Å²) in [4.78, 5) is 26.5. The molecule has 2 heterocycles. The molecule has 0 aromatic heterocycles. The third kappa shape index (κ3) is 3.96. The standard InChI is InChI=1S/C25H23BrN4O4/c1-2-34-20-12-6-15(7-13-20)22-21-23(28-27-22)25(31)29(18-10-8-17(26)9-11-18)24(21)16-4-3-5-19(14-16)30(32)33/h3-14,21-24,27-28H,2H2,1H3. The van der Waals surface area contributed by atoms with Crippen molar-refractivity contribution in [3.63, 3.8) is 0 Å². The molecule has 1 amide bonds. The average Bonchev–Trinajstić information content (AvgIpc) is 3.39. The smallest absolute Gasteiger partial charge is 0.269 e. The van der Waals surface area contributed by atoms with E-state index >= 15 is 0 Å². The largest absolute Gasteiger partial charge is 0.494 e. The second-order valence-electron chi connectivity index (χ2n) is 8.31. The molecule has 9 heteroatoms. The van der Waals surface area contributed by atoms with Gasteiger partial charge in [-0.3, -0.25) is 14.9 Å². The molecule has 2 saturated heterocycles. The van der Waals surface area contributed by atoms with Gasteiger partial charge in [0.05, 0.1) is 23.6 Å². The van der Waals surface area contributed by atoms with Crippen molar-refractivity contribution in [2.45, 2.75) is 25.0 Å². The summed E-state index contributed by atoms with van der Waals surface area (Å²) >= 11 is 3.45. The maximum atomic E-state index is 13.6. The monoisotopic (exact) mass is 522 g/mol. The summed E-state index contributed by atoms with van der Waals surface area (Å²) in [5, 5.41) is 11.5. The summed E-state index contributed by atoms with van der Waals surface area (Å²) in [6.07, 6.45) is 0. The molecule has 5 rings (SSSR count). The Morgan fingerprint density at radius 3 is 2.38 bits per heavy atom. The van der Waals surface area contributed by atoms with Gasteiger partial charge in [-0.2, -0.15) is 0 Å². The Kier molecular flexibility index (Phi) is 6.07. The molecule has 2 aliphatic heterocycles. The first-order valence-electron chi connectivity index (χ1n) is 11.0. The summed E-state index contributed by atoms with van der Waals surface area (Å²) in [5.74, 6) is 0.504. The van der Waals surface area contributed by atoms with E-state index in [1.165, 1.54) is 6.07 Å². The number of anilines is 1. The van der Waals surface area contributed by atoms with Crippen LogP contribution in [0.15, 0.2) is 77.3 Å². The number of non-ortho nitro benzene ring substituents is 1. The minimum absolute atomic E-state index is 0.000637. The number of carbonyl (C=O) groups excluding carboxylic acids is 1. The minimum Gasteiger partial charge on any atom is -0.494 e. The Balaban J connectivity index is 1.60. The summed E-state index contributed by atoms with van der Waals surface area (Å²) in [6.45, 7) is 2.52. The summed E-state index contributed by atoms with van der Waals surface area (Å²) in [6, 6.07) is 20.8. The maximum Gasteiger partial charge on any atom is 0.269 e. The Bertz CT molecular complexity index is 1220. The number of halogens is 1. The quantitative estimate of drug-likeness (QED) is 0.360. The molecular formula is C25H23BrN4O4. The number of fused-ring (bicyclic) bond motifs is 1. The van der Waals surface area contributed by atoms with Crippen LogP contribution in [0.1, 0.15) is 30.1 Å². The fourth-order valence-corrected chi connectivity index (χ4v) is 5.21. The third-order valence-corrected chi connectivity index (χ3v) is 6.92. The molecule has 34 heavy (non-hydrogen) atoms. The number of ether oxygens (including phenoxy) is 1. The van der Waals surface area contributed by atoms with Gasteiger partial charge in [0.25, 0.3) is 5.69 Å². The van der Waals surface area contributed by atoms with Crippen molar-refractivity contribution >= 4 is 33.2 Å². The van der Waals surface area contributed by atoms with Gasteiger partial charge in [0, 0.05) is 28.2 Å². The lowest BCUT2D eigenvalue weighted by atomic mass is 9.83. The van der Waals surface area contributed by atoms with E-state index in [4.69, 9.17) is 4.74 Å². The van der Waals surface area contributed by atoms with E-state index in [1.807, 2.05) is 61.5 Å². The molecule has 2 fully saturated rings. The Morgan fingerprint density at radius 2 is 1.71 bits per heavy atom. The van der Waals surface area contributed by atoms with Crippen LogP contribution in [-0.2, 0) is 4.79 Å². The number of nitro benzene ring substituents is 1. The number of hydrogen-bond donors (Lipinski definition) is 2. The zero-order valence-corrected chi connectivity index (χ0v) is 19.9. The van der Waals surface area contributed by atoms with Crippen molar-refractivity contribution in [3.05, 3.63) is 98.5 Å². The van der Waals surface area contributed by atoms with Gasteiger partial charge in [-0.1, -0.05) is 40.2 Å². The molecule has 3 aromatic carbocycles. The highest BCUT2D eigenvalue weighted by Gasteiger charge is 2.56. The van der Waals surface area contributed by atoms with Crippen molar-refractivity contribution in [1.82, 2.24) is 10.9 Å². The number of nitrogens with zero attached hydrogens (tertiary/aromatic N) is 2. The van der Waals surface area contributed by atoms with Crippen molar-refractivity contribution < 1.29 is 14.5 Å². The molecular weight excluding hydrogens is 500 g/mol. The normalized spacial score (nSPS) is 23.7. The first-order valence-corrected chi connectivity index (χ1v) is 11.8. The molecule has 2 N–H and O–H groups in total. The topological polar surface area (TPSA) is 96.7 Å². The number of nitro groups is 1. The molecule has 8 nitrogen and oxygen atoms in total. The van der Waals surface area contributed by atoms with E-state index in [9.17, 15) is 14.9 Å². The highest BCUT2D eigenvalue weighted by atomic mass is 79.9. The number of carbonyl (C=O) groups is 1. The van der Waals surface area contributed by atoms with E-state index in [2.05, 4.69) is 26.8 Å². The van der Waals surface area contributed by atoms with Crippen LogP contribution >= 0.6 is 15.9 Å². The van der Waals surface area contributed by atoms with Gasteiger partial charge in [0.1, 0.15) is 11.8 Å². The van der Waals surface area contributed by atoms with Crippen molar-refractivity contribution in [2.24, 2.45) is 5.92 Å². The van der Waals surface area contributed by atoms with Crippen LogP contribution in [0.2, 0.25) is 0 Å². The van der Waals surface area contributed by atoms with Gasteiger partial charge in [-0.05, 0) is 54.4 Å². The predicted molar refractivity (Wildman–Crippen MR) is 131 cm³/mol. The van der Waals surface area contributed by atoms with E-state index in [1.54, 1.807) is 17.0 Å². The fraction of sp³-hybridized carbons (Fsp3) is 0.240. The van der Waals surface area contributed by atoms with Gasteiger partial charge in [0.2, 0.25) is 5.91 Å². The number of rotatable bonds is 6. The summed E-state index contributed by atoms with van der Waals surface area (Å²) < 4.78 is 6.48. The van der Waals surface area contributed by atoms with Crippen LogP contribution in [0.25, 0.3) is 0 Å². The van der Waals surface area contributed by atoms with Gasteiger partial charge < -0.3 is 9.64 Å². The van der Waals surface area contributed by atoms with Crippen LogP contribution in [0, 0.1) is 16.0 Å². The van der Waals surface area contributed by atoms with Crippen molar-refractivity contribution in [2.75, 3.05) is 11.5 Å². The van der Waals surface area contributed by atoms with Crippen LogP contribution in [0.3, 0.4) is 0 Å². The molecule has 3 aromatic rings. The van der Waals surface area contributed by atoms with Gasteiger partial charge in [-0.25, -0.2) is 10.9 Å². The number of hydrogen-bond acceptors (Lipinski definition) is 6. The zero-order valence-electron chi connectivity index (χ0n) is 18.4. The molecule has 0 radical (unpaired) electrons. The van der Waals surface area contributed by atoms with Gasteiger partial charge in [0.15, 0.2) is 0 Å². The first kappa shape index (κ1) is 22.5. The van der Waals surface area contributed by atoms with E-state index in [0.717, 1.165) is 27.0 Å². The second-order valence-corrected chi connectivity index (χ2v) is 9.22. The number of amides is 1. The SMILES string of the molecule is CCOc1ccc(C2NNC3C(=O)N(c4ccc(Br)cc4)C(c4cccc([N+](=O)[O-])c4)C32)cc1. The lowest BCUT2D eigenvalue weighted by molar-refractivity contribution is -0.384. The van der Waals surface area contributed by atoms with Crippen LogP contribution in [0.4, 0.5) is 11.4 Å². The zero-order chi connectivity index (χ0) is 23.8. The van der Waals surface area contributed by atoms with Crippen LogP contribution in [-0.4, -0.2) is 23.5 Å². The third-order valence-electron chi connectivity index (χ3n) is 6.39. The molecule has 4 unspecified atom stereocenters. The Morgan fingerprint density at radius 1 is 1.00 bits per heavy atom. The minimum atomic E-state index is -0.482. The van der Waals surface area contributed by atoms with Gasteiger partial charge >= 0.3 is 0 Å². The number of benzene rings is 3. The molecule has 0 spiro atoms. The van der Waals surface area contributed by atoms with Gasteiger partial charge in [-0.15, -0.1) is 0 Å². The molecule has 4 atom stereocenters.